The summed E-state index contributed by atoms with van der Waals surface area (Å²) in [5.41, 5.74) is 2.30. The predicted molar refractivity (Wildman–Crippen MR) is 128 cm³/mol. The van der Waals surface area contributed by atoms with E-state index in [1.165, 1.54) is 53.9 Å². The van der Waals surface area contributed by atoms with E-state index in [-0.39, 0.29) is 11.5 Å². The number of hydrogen-bond donors (Lipinski definition) is 1. The number of carbonyl (C=O) groups excluding carboxylic acids is 1. The average molecular weight is 480 g/mol. The highest BCUT2D eigenvalue weighted by Crippen LogP contribution is 2.31. The van der Waals surface area contributed by atoms with Crippen molar-refractivity contribution in [3.63, 3.8) is 0 Å². The Morgan fingerprint density at radius 1 is 0.970 bits per heavy atom. The van der Waals surface area contributed by atoms with E-state index in [1.54, 1.807) is 24.4 Å². The Hall–Kier alpha value is -3.23. The van der Waals surface area contributed by atoms with Gasteiger partial charge in [0, 0.05) is 22.5 Å². The van der Waals surface area contributed by atoms with Crippen LogP contribution in [-0.2, 0) is 5.75 Å². The molecule has 0 saturated carbocycles. The molecule has 1 aromatic heterocycles. The molecule has 166 valence electrons. The smallest absolute Gasteiger partial charge is 0.275 e. The number of hydrogen-bond acceptors (Lipinski definition) is 5. The molecule has 0 bridgehead atoms. The molecule has 0 aliphatic rings. The van der Waals surface area contributed by atoms with Crippen molar-refractivity contribution in [1.82, 2.24) is 9.97 Å². The van der Waals surface area contributed by atoms with Crippen LogP contribution in [0.1, 0.15) is 21.6 Å². The molecule has 33 heavy (non-hydrogen) atoms. The summed E-state index contributed by atoms with van der Waals surface area (Å²) < 4.78 is 27.2. The fourth-order valence-electron chi connectivity index (χ4n) is 2.88. The van der Waals surface area contributed by atoms with E-state index in [0.29, 0.717) is 27.1 Å². The molecule has 0 unspecified atom stereocenters. The van der Waals surface area contributed by atoms with Crippen LogP contribution in [0, 0.1) is 18.6 Å². The normalized spacial score (nSPS) is 10.8. The molecule has 0 spiro atoms. The minimum atomic E-state index is -0.439. The molecule has 1 N–H and O–H groups in total. The number of rotatable bonds is 7. The van der Waals surface area contributed by atoms with E-state index in [4.69, 9.17) is 0 Å². The minimum Gasteiger partial charge on any atom is -0.321 e. The van der Waals surface area contributed by atoms with Gasteiger partial charge in [0.2, 0.25) is 0 Å². The summed E-state index contributed by atoms with van der Waals surface area (Å²) >= 11 is 2.62. The van der Waals surface area contributed by atoms with Gasteiger partial charge in [-0.15, -0.1) is 0 Å². The number of carbonyl (C=O) groups is 1. The van der Waals surface area contributed by atoms with Crippen LogP contribution >= 0.6 is 23.5 Å². The van der Waals surface area contributed by atoms with Gasteiger partial charge in [0.05, 0.1) is 4.90 Å². The first-order valence-corrected chi connectivity index (χ1v) is 11.8. The summed E-state index contributed by atoms with van der Waals surface area (Å²) in [6.45, 7) is 2.00. The second-order valence-electron chi connectivity index (χ2n) is 7.12. The van der Waals surface area contributed by atoms with Gasteiger partial charge in [0.25, 0.3) is 5.91 Å². The Bertz CT molecular complexity index is 1270. The van der Waals surface area contributed by atoms with E-state index in [1.807, 2.05) is 31.2 Å². The van der Waals surface area contributed by atoms with Crippen molar-refractivity contribution in [2.24, 2.45) is 0 Å². The molecule has 4 nitrogen and oxygen atoms in total. The molecule has 0 atom stereocenters. The number of aromatic nitrogens is 2. The number of halogens is 2. The second kappa shape index (κ2) is 10.6. The summed E-state index contributed by atoms with van der Waals surface area (Å²) in [5, 5.41) is 3.11. The highest BCUT2D eigenvalue weighted by molar-refractivity contribution is 7.99. The number of aryl methyl sites for hydroxylation is 1. The topological polar surface area (TPSA) is 54.9 Å². The SMILES string of the molecule is Cc1ccc(Sc2cnc(SCc3ccccc3F)nc2C(=O)Nc2ccc(F)cc2)cc1. The maximum absolute atomic E-state index is 14.0. The van der Waals surface area contributed by atoms with Crippen molar-refractivity contribution < 1.29 is 13.6 Å². The highest BCUT2D eigenvalue weighted by atomic mass is 32.2. The van der Waals surface area contributed by atoms with Gasteiger partial charge in [-0.1, -0.05) is 59.4 Å². The Morgan fingerprint density at radius 2 is 1.70 bits per heavy atom. The summed E-state index contributed by atoms with van der Waals surface area (Å²) in [6.07, 6.45) is 1.60. The van der Waals surface area contributed by atoms with Crippen molar-refractivity contribution in [2.45, 2.75) is 27.6 Å². The summed E-state index contributed by atoms with van der Waals surface area (Å²) in [5.74, 6) is -0.800. The van der Waals surface area contributed by atoms with E-state index in [0.717, 1.165) is 10.5 Å². The summed E-state index contributed by atoms with van der Waals surface area (Å²) in [4.78, 5) is 23.4. The molecule has 1 heterocycles. The van der Waals surface area contributed by atoms with Gasteiger partial charge < -0.3 is 5.32 Å². The lowest BCUT2D eigenvalue weighted by Crippen LogP contribution is -2.16. The number of anilines is 1. The largest absolute Gasteiger partial charge is 0.321 e. The third kappa shape index (κ3) is 6.18. The van der Waals surface area contributed by atoms with Crippen LogP contribution in [-0.4, -0.2) is 15.9 Å². The predicted octanol–water partition coefficient (Wildman–Crippen LogP) is 6.76. The molecule has 1 amide bonds. The first kappa shape index (κ1) is 22.9. The van der Waals surface area contributed by atoms with Crippen LogP contribution in [0.2, 0.25) is 0 Å². The quantitative estimate of drug-likeness (QED) is 0.234. The van der Waals surface area contributed by atoms with Gasteiger partial charge in [0.15, 0.2) is 5.16 Å². The van der Waals surface area contributed by atoms with Crippen molar-refractivity contribution in [2.75, 3.05) is 5.32 Å². The number of thioether (sulfide) groups is 1. The average Bonchev–Trinajstić information content (AvgIpc) is 2.82. The molecule has 0 aliphatic carbocycles. The van der Waals surface area contributed by atoms with Crippen LogP contribution in [0.15, 0.2) is 93.9 Å². The third-order valence-corrected chi connectivity index (χ3v) is 6.55. The van der Waals surface area contributed by atoms with Crippen LogP contribution in [0.5, 0.6) is 0 Å². The molecule has 0 saturated heterocycles. The first-order valence-electron chi connectivity index (χ1n) is 10.0. The van der Waals surface area contributed by atoms with Gasteiger partial charge in [-0.05, 0) is 55.0 Å². The van der Waals surface area contributed by atoms with Crippen molar-refractivity contribution >= 4 is 35.1 Å². The van der Waals surface area contributed by atoms with Crippen molar-refractivity contribution in [3.05, 3.63) is 107 Å². The number of benzene rings is 3. The zero-order chi connectivity index (χ0) is 23.2. The fourth-order valence-corrected chi connectivity index (χ4v) is 4.54. The molecular formula is C25H19F2N3OS2. The van der Waals surface area contributed by atoms with Gasteiger partial charge in [0.1, 0.15) is 17.3 Å². The Balaban J connectivity index is 1.60. The first-order chi connectivity index (χ1) is 16.0. The van der Waals surface area contributed by atoms with Crippen molar-refractivity contribution in [1.29, 1.82) is 0 Å². The molecule has 0 aliphatic heterocycles. The zero-order valence-electron chi connectivity index (χ0n) is 17.6. The Kier molecular flexibility index (Phi) is 7.36. The monoisotopic (exact) mass is 479 g/mol. The molecular weight excluding hydrogens is 460 g/mol. The number of nitrogens with one attached hydrogen (secondary N) is 1. The van der Waals surface area contributed by atoms with Crippen LogP contribution in [0.3, 0.4) is 0 Å². The zero-order valence-corrected chi connectivity index (χ0v) is 19.2. The summed E-state index contributed by atoms with van der Waals surface area (Å²) in [7, 11) is 0. The Labute approximate surface area is 198 Å². The maximum atomic E-state index is 14.0. The highest BCUT2D eigenvalue weighted by Gasteiger charge is 2.18. The van der Waals surface area contributed by atoms with E-state index in [9.17, 15) is 13.6 Å². The number of nitrogens with zero attached hydrogens (tertiary/aromatic N) is 2. The second-order valence-corrected chi connectivity index (χ2v) is 9.18. The minimum absolute atomic E-state index is 0.191. The third-order valence-electron chi connectivity index (χ3n) is 4.61. The molecule has 3 aromatic carbocycles. The lowest BCUT2D eigenvalue weighted by Gasteiger charge is -2.11. The number of amides is 1. The molecule has 4 rings (SSSR count). The van der Waals surface area contributed by atoms with Crippen LogP contribution < -0.4 is 5.32 Å². The van der Waals surface area contributed by atoms with Gasteiger partial charge >= 0.3 is 0 Å². The molecule has 8 heteroatoms. The van der Waals surface area contributed by atoms with Crippen molar-refractivity contribution in [3.8, 4) is 0 Å². The lowest BCUT2D eigenvalue weighted by molar-refractivity contribution is 0.101. The van der Waals surface area contributed by atoms with E-state index < -0.39 is 11.7 Å². The standard InChI is InChI=1S/C25H19F2N3OS2/c1-16-6-12-20(13-7-16)33-22-14-28-25(32-15-17-4-2-3-5-21(17)27)30-23(22)24(31)29-19-10-8-18(26)9-11-19/h2-14H,15H2,1H3,(H,29,31). The molecule has 0 fully saturated rings. The van der Waals surface area contributed by atoms with Gasteiger partial charge in [-0.2, -0.15) is 0 Å². The molecule has 0 radical (unpaired) electrons. The van der Waals surface area contributed by atoms with Gasteiger partial charge in [-0.3, -0.25) is 4.79 Å². The van der Waals surface area contributed by atoms with Crippen LogP contribution in [0.25, 0.3) is 0 Å². The molecule has 4 aromatic rings. The summed E-state index contributed by atoms with van der Waals surface area (Å²) in [6, 6.07) is 19.9. The Morgan fingerprint density at radius 3 is 2.42 bits per heavy atom. The van der Waals surface area contributed by atoms with E-state index in [2.05, 4.69) is 15.3 Å². The lowest BCUT2D eigenvalue weighted by atomic mass is 10.2. The van der Waals surface area contributed by atoms with Crippen LogP contribution in [0.4, 0.5) is 14.5 Å². The van der Waals surface area contributed by atoms with E-state index >= 15 is 0 Å². The van der Waals surface area contributed by atoms with Gasteiger partial charge in [-0.25, -0.2) is 18.7 Å². The fraction of sp³-hybridized carbons (Fsp3) is 0.0800. The maximum Gasteiger partial charge on any atom is 0.275 e.